The molecule has 1 fully saturated rings. The number of hydrogen-bond acceptors (Lipinski definition) is 4. The Labute approximate surface area is 109 Å². The van der Waals surface area contributed by atoms with Crippen LogP contribution in [0.25, 0.3) is 0 Å². The molecule has 0 radical (unpaired) electrons. The SMILES string of the molecule is C#CC1(CO)CC(n2cc(C)c(=O)[nH]c2=O)CC1O. The number of aromatic nitrogens is 2. The van der Waals surface area contributed by atoms with E-state index in [1.807, 2.05) is 0 Å². The van der Waals surface area contributed by atoms with Crippen LogP contribution in [-0.2, 0) is 0 Å². The minimum atomic E-state index is -1.02. The molecule has 6 heteroatoms. The van der Waals surface area contributed by atoms with Gasteiger partial charge in [0.25, 0.3) is 5.56 Å². The summed E-state index contributed by atoms with van der Waals surface area (Å²) in [7, 11) is 0. The van der Waals surface area contributed by atoms with E-state index in [2.05, 4.69) is 10.9 Å². The van der Waals surface area contributed by atoms with Crippen molar-refractivity contribution in [1.29, 1.82) is 0 Å². The molecule has 3 atom stereocenters. The van der Waals surface area contributed by atoms with Gasteiger partial charge in [-0.3, -0.25) is 14.3 Å². The molecule has 0 bridgehead atoms. The zero-order chi connectivity index (χ0) is 14.2. The highest BCUT2D eigenvalue weighted by Crippen LogP contribution is 2.43. The molecule has 0 amide bonds. The summed E-state index contributed by atoms with van der Waals surface area (Å²) in [6, 6.07) is -0.332. The van der Waals surface area contributed by atoms with Crippen LogP contribution in [0.15, 0.2) is 15.8 Å². The van der Waals surface area contributed by atoms with Crippen LogP contribution >= 0.6 is 0 Å². The maximum Gasteiger partial charge on any atom is 0.328 e. The minimum Gasteiger partial charge on any atom is -0.395 e. The molecule has 6 nitrogen and oxygen atoms in total. The number of aliphatic hydroxyl groups excluding tert-OH is 2. The fourth-order valence-electron chi connectivity index (χ4n) is 2.56. The standard InChI is InChI=1S/C13H16N2O4/c1-3-13(7-16)5-9(4-10(13)17)15-6-8(2)11(18)14-12(15)19/h1,6,9-10,16-17H,4-5,7H2,2H3,(H,14,18,19). The summed E-state index contributed by atoms with van der Waals surface area (Å²) in [6.45, 7) is 1.26. The molecule has 102 valence electrons. The first-order chi connectivity index (χ1) is 8.93. The molecule has 19 heavy (non-hydrogen) atoms. The molecule has 0 aliphatic heterocycles. The van der Waals surface area contributed by atoms with Crippen molar-refractivity contribution in [2.45, 2.75) is 31.9 Å². The molecule has 2 rings (SSSR count). The third-order valence-corrected chi connectivity index (χ3v) is 3.84. The Bertz CT molecular complexity index is 639. The first-order valence-corrected chi connectivity index (χ1v) is 6.02. The van der Waals surface area contributed by atoms with Gasteiger partial charge in [-0.15, -0.1) is 6.42 Å². The van der Waals surface area contributed by atoms with E-state index in [0.717, 1.165) is 0 Å². The summed E-state index contributed by atoms with van der Waals surface area (Å²) in [5.74, 6) is 2.43. The predicted octanol–water partition coefficient (Wildman–Crippen LogP) is -0.847. The molecule has 1 saturated carbocycles. The Kier molecular flexibility index (Phi) is 3.35. The van der Waals surface area contributed by atoms with Gasteiger partial charge < -0.3 is 10.2 Å². The maximum absolute atomic E-state index is 11.8. The van der Waals surface area contributed by atoms with Crippen LogP contribution in [0.3, 0.4) is 0 Å². The average Bonchev–Trinajstić information content (AvgIpc) is 2.71. The fourth-order valence-corrected chi connectivity index (χ4v) is 2.56. The second-order valence-corrected chi connectivity index (χ2v) is 5.05. The van der Waals surface area contributed by atoms with E-state index in [1.165, 1.54) is 10.8 Å². The molecule has 1 aromatic heterocycles. The van der Waals surface area contributed by atoms with Crippen molar-refractivity contribution in [3.05, 3.63) is 32.6 Å². The lowest BCUT2D eigenvalue weighted by Crippen LogP contribution is -2.33. The first-order valence-electron chi connectivity index (χ1n) is 6.02. The average molecular weight is 264 g/mol. The summed E-state index contributed by atoms with van der Waals surface area (Å²) < 4.78 is 1.37. The van der Waals surface area contributed by atoms with Crippen LogP contribution in [-0.4, -0.2) is 32.5 Å². The molecule has 1 aliphatic carbocycles. The molecule has 0 spiro atoms. The highest BCUT2D eigenvalue weighted by molar-refractivity contribution is 5.15. The van der Waals surface area contributed by atoms with Crippen molar-refractivity contribution in [3.8, 4) is 12.3 Å². The molecule has 0 saturated heterocycles. The van der Waals surface area contributed by atoms with Crippen molar-refractivity contribution in [2.24, 2.45) is 5.41 Å². The van der Waals surface area contributed by atoms with Gasteiger partial charge in [-0.25, -0.2) is 4.79 Å². The monoisotopic (exact) mass is 264 g/mol. The van der Waals surface area contributed by atoms with Crippen molar-refractivity contribution >= 4 is 0 Å². The number of aliphatic hydroxyl groups is 2. The number of nitrogens with one attached hydrogen (secondary N) is 1. The summed E-state index contributed by atoms with van der Waals surface area (Å²) in [4.78, 5) is 25.3. The predicted molar refractivity (Wildman–Crippen MR) is 68.7 cm³/mol. The van der Waals surface area contributed by atoms with E-state index in [4.69, 9.17) is 6.42 Å². The van der Waals surface area contributed by atoms with E-state index in [1.54, 1.807) is 6.92 Å². The topological polar surface area (TPSA) is 95.3 Å². The maximum atomic E-state index is 11.8. The fraction of sp³-hybridized carbons (Fsp3) is 0.538. The Hall–Kier alpha value is -1.84. The van der Waals surface area contributed by atoms with Gasteiger partial charge in [-0.1, -0.05) is 5.92 Å². The quantitative estimate of drug-likeness (QED) is 0.606. The van der Waals surface area contributed by atoms with Crippen LogP contribution in [0.4, 0.5) is 0 Å². The van der Waals surface area contributed by atoms with E-state index in [-0.39, 0.29) is 19.1 Å². The van der Waals surface area contributed by atoms with Crippen molar-refractivity contribution < 1.29 is 10.2 Å². The Morgan fingerprint density at radius 3 is 2.84 bits per heavy atom. The Morgan fingerprint density at radius 1 is 1.63 bits per heavy atom. The van der Waals surface area contributed by atoms with Gasteiger partial charge in [0.15, 0.2) is 0 Å². The number of terminal acetylenes is 1. The van der Waals surface area contributed by atoms with Gasteiger partial charge >= 0.3 is 5.69 Å². The van der Waals surface area contributed by atoms with Gasteiger partial charge in [-0.2, -0.15) is 0 Å². The van der Waals surface area contributed by atoms with Crippen LogP contribution in [0.1, 0.15) is 24.4 Å². The van der Waals surface area contributed by atoms with Crippen LogP contribution in [0, 0.1) is 24.7 Å². The molecule has 1 heterocycles. The van der Waals surface area contributed by atoms with Crippen LogP contribution in [0.5, 0.6) is 0 Å². The molecular formula is C13H16N2O4. The lowest BCUT2D eigenvalue weighted by atomic mass is 9.86. The van der Waals surface area contributed by atoms with Crippen LogP contribution in [0.2, 0.25) is 0 Å². The third-order valence-electron chi connectivity index (χ3n) is 3.84. The molecule has 1 aliphatic rings. The number of H-pyrrole nitrogens is 1. The van der Waals surface area contributed by atoms with Gasteiger partial charge in [0.1, 0.15) is 0 Å². The van der Waals surface area contributed by atoms with Gasteiger partial charge in [0.2, 0.25) is 0 Å². The second-order valence-electron chi connectivity index (χ2n) is 5.05. The van der Waals surface area contributed by atoms with Crippen molar-refractivity contribution in [3.63, 3.8) is 0 Å². The van der Waals surface area contributed by atoms with E-state index in [9.17, 15) is 19.8 Å². The number of rotatable bonds is 2. The number of nitrogens with zero attached hydrogens (tertiary/aromatic N) is 1. The smallest absolute Gasteiger partial charge is 0.328 e. The van der Waals surface area contributed by atoms with Crippen LogP contribution < -0.4 is 11.2 Å². The minimum absolute atomic E-state index is 0.274. The van der Waals surface area contributed by atoms with Gasteiger partial charge in [-0.05, 0) is 19.8 Å². The number of hydrogen-bond donors (Lipinski definition) is 3. The second kappa shape index (κ2) is 4.68. The summed E-state index contributed by atoms with van der Waals surface area (Å²) >= 11 is 0. The zero-order valence-corrected chi connectivity index (χ0v) is 10.6. The van der Waals surface area contributed by atoms with E-state index < -0.39 is 22.8 Å². The van der Waals surface area contributed by atoms with Gasteiger partial charge in [0, 0.05) is 17.8 Å². The largest absolute Gasteiger partial charge is 0.395 e. The number of aromatic amines is 1. The Balaban J connectivity index is 2.42. The lowest BCUT2D eigenvalue weighted by Gasteiger charge is -2.23. The van der Waals surface area contributed by atoms with Gasteiger partial charge in [0.05, 0.1) is 18.1 Å². The summed E-state index contributed by atoms with van der Waals surface area (Å²) in [6.07, 6.45) is 6.55. The lowest BCUT2D eigenvalue weighted by molar-refractivity contribution is 0.0475. The highest BCUT2D eigenvalue weighted by atomic mass is 16.3. The zero-order valence-electron chi connectivity index (χ0n) is 10.6. The molecule has 3 N–H and O–H groups in total. The van der Waals surface area contributed by atoms with E-state index in [0.29, 0.717) is 12.0 Å². The molecule has 3 unspecified atom stereocenters. The molecule has 0 aromatic carbocycles. The Morgan fingerprint density at radius 2 is 2.32 bits per heavy atom. The first kappa shape index (κ1) is 13.6. The van der Waals surface area contributed by atoms with Crippen molar-refractivity contribution in [2.75, 3.05) is 6.61 Å². The molecule has 1 aromatic rings. The highest BCUT2D eigenvalue weighted by Gasteiger charge is 2.46. The van der Waals surface area contributed by atoms with Crippen molar-refractivity contribution in [1.82, 2.24) is 9.55 Å². The number of aryl methyl sites for hydroxylation is 1. The third kappa shape index (κ3) is 2.11. The normalized spacial score (nSPS) is 30.2. The van der Waals surface area contributed by atoms with E-state index >= 15 is 0 Å². The summed E-state index contributed by atoms with van der Waals surface area (Å²) in [5, 5.41) is 19.4. The summed E-state index contributed by atoms with van der Waals surface area (Å²) in [5.41, 5.74) is -1.56. The molecular weight excluding hydrogens is 248 g/mol.